The third kappa shape index (κ3) is 4.34. The third-order valence-electron chi connectivity index (χ3n) is 5.10. The second-order valence-corrected chi connectivity index (χ2v) is 6.97. The fraction of sp³-hybridized carbons (Fsp3) is 0.778. The average Bonchev–Trinajstić information content (AvgIpc) is 3.12. The topological polar surface area (TPSA) is 43.9 Å². The quantitative estimate of drug-likeness (QED) is 0.702. The van der Waals surface area contributed by atoms with Crippen LogP contribution >= 0.6 is 0 Å². The monoisotopic (exact) mass is 321 g/mol. The molecule has 2 atom stereocenters. The van der Waals surface area contributed by atoms with Crippen molar-refractivity contribution in [1.82, 2.24) is 14.7 Å². The Morgan fingerprint density at radius 2 is 1.78 bits per heavy atom. The summed E-state index contributed by atoms with van der Waals surface area (Å²) in [7, 11) is 0. The molecule has 130 valence electrons. The minimum atomic E-state index is 0.170. The van der Waals surface area contributed by atoms with Gasteiger partial charge in [0.25, 0.3) is 0 Å². The van der Waals surface area contributed by atoms with Crippen molar-refractivity contribution in [1.29, 1.82) is 0 Å². The van der Waals surface area contributed by atoms with Crippen LogP contribution in [0.3, 0.4) is 0 Å². The maximum absolute atomic E-state index is 12.6. The average molecular weight is 321 g/mol. The summed E-state index contributed by atoms with van der Waals surface area (Å²) in [6.45, 7) is 13.2. The van der Waals surface area contributed by atoms with Crippen LogP contribution in [0.2, 0.25) is 0 Å². The summed E-state index contributed by atoms with van der Waals surface area (Å²) >= 11 is 0. The Morgan fingerprint density at radius 1 is 1.13 bits per heavy atom. The molecule has 2 amide bonds. The molecule has 2 fully saturated rings. The number of carbonyl (C=O) groups excluding carboxylic acids is 2. The zero-order valence-electron chi connectivity index (χ0n) is 14.9. The van der Waals surface area contributed by atoms with Crippen molar-refractivity contribution in [3.63, 3.8) is 0 Å². The molecule has 2 aliphatic rings. The second-order valence-electron chi connectivity index (χ2n) is 6.97. The molecule has 0 aromatic rings. The van der Waals surface area contributed by atoms with Crippen molar-refractivity contribution in [2.45, 2.75) is 58.5 Å². The first-order chi connectivity index (χ1) is 10.9. The highest BCUT2D eigenvalue weighted by Gasteiger charge is 2.39. The van der Waals surface area contributed by atoms with Gasteiger partial charge in [-0.05, 0) is 46.1 Å². The first-order valence-electron chi connectivity index (χ1n) is 8.87. The highest BCUT2D eigenvalue weighted by Crippen LogP contribution is 2.30. The van der Waals surface area contributed by atoms with Crippen molar-refractivity contribution in [3.05, 3.63) is 12.2 Å². The van der Waals surface area contributed by atoms with Gasteiger partial charge in [-0.2, -0.15) is 0 Å². The van der Waals surface area contributed by atoms with Gasteiger partial charge in [-0.3, -0.25) is 14.5 Å². The van der Waals surface area contributed by atoms with E-state index in [4.69, 9.17) is 0 Å². The number of amides is 2. The lowest BCUT2D eigenvalue weighted by Gasteiger charge is -2.35. The summed E-state index contributed by atoms with van der Waals surface area (Å²) in [5.41, 5.74) is 1.01. The molecule has 0 saturated carbocycles. The normalized spacial score (nSPS) is 24.9. The number of hydrogen-bond acceptors (Lipinski definition) is 3. The van der Waals surface area contributed by atoms with Gasteiger partial charge in [0.15, 0.2) is 0 Å². The molecule has 2 heterocycles. The molecule has 5 nitrogen and oxygen atoms in total. The van der Waals surface area contributed by atoms with E-state index in [0.717, 1.165) is 44.3 Å². The smallest absolute Gasteiger partial charge is 0.237 e. The Kier molecular flexibility index (Phi) is 6.22. The molecule has 0 unspecified atom stereocenters. The highest BCUT2D eigenvalue weighted by molar-refractivity contribution is 5.78. The van der Waals surface area contributed by atoms with Crippen molar-refractivity contribution in [3.8, 4) is 0 Å². The first-order valence-corrected chi connectivity index (χ1v) is 8.87. The van der Waals surface area contributed by atoms with E-state index in [2.05, 4.69) is 11.5 Å². The lowest BCUT2D eigenvalue weighted by Crippen LogP contribution is -2.50. The lowest BCUT2D eigenvalue weighted by molar-refractivity contribution is -0.133. The van der Waals surface area contributed by atoms with Crippen molar-refractivity contribution in [2.75, 3.05) is 32.7 Å². The van der Waals surface area contributed by atoms with Gasteiger partial charge < -0.3 is 9.80 Å². The number of carbonyl (C=O) groups is 2. The maximum atomic E-state index is 12.6. The summed E-state index contributed by atoms with van der Waals surface area (Å²) in [4.78, 5) is 30.6. The molecule has 0 bridgehead atoms. The molecule has 2 aliphatic heterocycles. The molecule has 5 heteroatoms. The zero-order chi connectivity index (χ0) is 17.0. The third-order valence-corrected chi connectivity index (χ3v) is 5.10. The molecule has 23 heavy (non-hydrogen) atoms. The Hall–Kier alpha value is -1.36. The number of rotatable bonds is 6. The fourth-order valence-corrected chi connectivity index (χ4v) is 4.04. The van der Waals surface area contributed by atoms with Gasteiger partial charge in [0.1, 0.15) is 0 Å². The van der Waals surface area contributed by atoms with Crippen molar-refractivity contribution >= 4 is 11.8 Å². The predicted octanol–water partition coefficient (Wildman–Crippen LogP) is 1.89. The summed E-state index contributed by atoms with van der Waals surface area (Å²) in [6.07, 6.45) is 4.36. The van der Waals surface area contributed by atoms with Crippen LogP contribution in [0.25, 0.3) is 0 Å². The summed E-state index contributed by atoms with van der Waals surface area (Å²) in [5.74, 6) is 0.345. The second kappa shape index (κ2) is 7.95. The van der Waals surface area contributed by atoms with E-state index < -0.39 is 0 Å². The van der Waals surface area contributed by atoms with Crippen LogP contribution in [0.5, 0.6) is 0 Å². The van der Waals surface area contributed by atoms with E-state index in [9.17, 15) is 9.59 Å². The summed E-state index contributed by atoms with van der Waals surface area (Å²) in [5, 5.41) is 0. The number of likely N-dealkylation sites (tertiary alicyclic amines) is 2. The molecule has 0 radical (unpaired) electrons. The molecule has 2 rings (SSSR count). The van der Waals surface area contributed by atoms with Crippen molar-refractivity contribution in [2.24, 2.45) is 0 Å². The van der Waals surface area contributed by atoms with Crippen LogP contribution in [0.15, 0.2) is 12.2 Å². The number of nitrogens with zero attached hydrogens (tertiary/aromatic N) is 3. The molecule has 0 N–H and O–H groups in total. The van der Waals surface area contributed by atoms with Gasteiger partial charge >= 0.3 is 0 Å². The van der Waals surface area contributed by atoms with Gasteiger partial charge in [0.05, 0.1) is 6.54 Å². The highest BCUT2D eigenvalue weighted by atomic mass is 16.2. The summed E-state index contributed by atoms with van der Waals surface area (Å²) < 4.78 is 0. The summed E-state index contributed by atoms with van der Waals surface area (Å²) in [6, 6.07) is 0.632. The molecule has 0 aliphatic carbocycles. The van der Waals surface area contributed by atoms with Crippen LogP contribution in [0, 0.1) is 0 Å². The molecular weight excluding hydrogens is 290 g/mol. The predicted molar refractivity (Wildman–Crippen MR) is 92.1 cm³/mol. The standard InChI is InChI=1S/C18H31N3O2/c1-5-19(12-14(2)3)18(23)13-20-10-6-8-16(20)17-9-7-11-21(17)15(4)22/h16-17H,2,5-13H2,1,3-4H3/t16-,17-/m0/s1. The van der Waals surface area contributed by atoms with E-state index in [1.807, 2.05) is 23.6 Å². The molecule has 0 aromatic carbocycles. The van der Waals surface area contributed by atoms with E-state index in [-0.39, 0.29) is 11.8 Å². The molecule has 2 saturated heterocycles. The maximum Gasteiger partial charge on any atom is 0.237 e. The lowest BCUT2D eigenvalue weighted by atomic mass is 10.0. The van der Waals surface area contributed by atoms with Gasteiger partial charge in [0, 0.05) is 38.6 Å². The van der Waals surface area contributed by atoms with E-state index in [0.29, 0.717) is 31.7 Å². The van der Waals surface area contributed by atoms with E-state index in [1.165, 1.54) is 0 Å². The minimum Gasteiger partial charge on any atom is -0.338 e. The van der Waals surface area contributed by atoms with Gasteiger partial charge in [0.2, 0.25) is 11.8 Å². The van der Waals surface area contributed by atoms with Crippen LogP contribution < -0.4 is 0 Å². The van der Waals surface area contributed by atoms with Crippen LogP contribution in [0.1, 0.15) is 46.5 Å². The van der Waals surface area contributed by atoms with Gasteiger partial charge in [-0.1, -0.05) is 12.2 Å². The fourth-order valence-electron chi connectivity index (χ4n) is 4.04. The van der Waals surface area contributed by atoms with Crippen LogP contribution in [0.4, 0.5) is 0 Å². The van der Waals surface area contributed by atoms with Crippen LogP contribution in [-0.4, -0.2) is 71.3 Å². The zero-order valence-corrected chi connectivity index (χ0v) is 14.9. The largest absolute Gasteiger partial charge is 0.338 e. The van der Waals surface area contributed by atoms with Crippen LogP contribution in [-0.2, 0) is 9.59 Å². The minimum absolute atomic E-state index is 0.170. The number of hydrogen-bond donors (Lipinski definition) is 0. The molecule has 0 spiro atoms. The SMILES string of the molecule is C=C(C)CN(CC)C(=O)CN1CCC[C@H]1[C@@H]1CCCN1C(C)=O. The Morgan fingerprint density at radius 3 is 2.39 bits per heavy atom. The first kappa shape index (κ1) is 18.0. The molecular formula is C18H31N3O2. The van der Waals surface area contributed by atoms with E-state index >= 15 is 0 Å². The Bertz CT molecular complexity index is 463. The Balaban J connectivity index is 2.00. The molecule has 0 aromatic heterocycles. The van der Waals surface area contributed by atoms with Gasteiger partial charge in [-0.25, -0.2) is 0 Å². The van der Waals surface area contributed by atoms with E-state index in [1.54, 1.807) is 6.92 Å². The van der Waals surface area contributed by atoms with Crippen molar-refractivity contribution < 1.29 is 9.59 Å². The Labute approximate surface area is 140 Å². The number of likely N-dealkylation sites (N-methyl/N-ethyl adjacent to an activating group) is 1. The van der Waals surface area contributed by atoms with Gasteiger partial charge in [-0.15, -0.1) is 0 Å².